The van der Waals surface area contributed by atoms with Gasteiger partial charge in [0.25, 0.3) is 0 Å². The number of piperidine rings is 1. The highest BCUT2D eigenvalue weighted by atomic mass is 16.5. The lowest BCUT2D eigenvalue weighted by atomic mass is 9.81. The number of methoxy groups -OCH3 is 1. The van der Waals surface area contributed by atoms with Gasteiger partial charge in [-0.1, -0.05) is 39.0 Å². The zero-order chi connectivity index (χ0) is 17.0. The number of para-hydroxylation sites is 1. The fraction of sp³-hybridized carbons (Fsp3) is 0.632. The molecule has 1 atom stereocenters. The third kappa shape index (κ3) is 4.47. The van der Waals surface area contributed by atoms with Crippen LogP contribution in [0.2, 0.25) is 0 Å². The van der Waals surface area contributed by atoms with Gasteiger partial charge in [-0.25, -0.2) is 0 Å². The van der Waals surface area contributed by atoms with Crippen molar-refractivity contribution in [3.63, 3.8) is 0 Å². The summed E-state index contributed by atoms with van der Waals surface area (Å²) in [4.78, 5) is 13.4. The largest absolute Gasteiger partial charge is 0.496 e. The molecule has 1 aromatic carbocycles. The molecule has 128 valence electrons. The van der Waals surface area contributed by atoms with Crippen molar-refractivity contribution in [3.8, 4) is 5.75 Å². The standard InChI is InChI=1S/C19H30N2O2/c1-14(22)21-12-10-15(11-13-21)20-18(19(2,3)4)16-8-6-7-9-17(16)23-5/h6-9,15,18,20H,10-13H2,1-5H3/t18-/m1/s1. The van der Waals surface area contributed by atoms with Crippen LogP contribution in [0.3, 0.4) is 0 Å². The summed E-state index contributed by atoms with van der Waals surface area (Å²) in [6.07, 6.45) is 2.00. The van der Waals surface area contributed by atoms with E-state index in [1.54, 1.807) is 14.0 Å². The molecule has 0 spiro atoms. The molecule has 1 saturated heterocycles. The molecule has 0 saturated carbocycles. The minimum absolute atomic E-state index is 0.0757. The van der Waals surface area contributed by atoms with Crippen molar-refractivity contribution in [2.24, 2.45) is 5.41 Å². The average molecular weight is 318 g/mol. The molecular formula is C19H30N2O2. The second-order valence-corrected chi connectivity index (χ2v) is 7.49. The summed E-state index contributed by atoms with van der Waals surface area (Å²) in [6, 6.07) is 8.89. The number of nitrogens with zero attached hydrogens (tertiary/aromatic N) is 1. The minimum Gasteiger partial charge on any atom is -0.496 e. The van der Waals surface area contributed by atoms with Crippen molar-refractivity contribution in [2.75, 3.05) is 20.2 Å². The molecule has 23 heavy (non-hydrogen) atoms. The second kappa shape index (κ2) is 7.35. The SMILES string of the molecule is COc1ccccc1[C@@H](NC1CCN(C(C)=O)CC1)C(C)(C)C. The fourth-order valence-electron chi connectivity index (χ4n) is 3.31. The molecule has 1 amide bonds. The number of ether oxygens (including phenoxy) is 1. The topological polar surface area (TPSA) is 41.6 Å². The van der Waals surface area contributed by atoms with Crippen LogP contribution in [0.1, 0.15) is 52.1 Å². The first-order chi connectivity index (χ1) is 10.8. The summed E-state index contributed by atoms with van der Waals surface area (Å²) in [6.45, 7) is 10.1. The molecule has 4 heteroatoms. The van der Waals surface area contributed by atoms with Gasteiger partial charge in [-0.05, 0) is 24.3 Å². The summed E-state index contributed by atoms with van der Waals surface area (Å²) in [5, 5.41) is 3.83. The number of hydrogen-bond donors (Lipinski definition) is 1. The molecule has 0 aromatic heterocycles. The monoisotopic (exact) mass is 318 g/mol. The van der Waals surface area contributed by atoms with Gasteiger partial charge in [-0.2, -0.15) is 0 Å². The molecule has 0 bridgehead atoms. The quantitative estimate of drug-likeness (QED) is 0.925. The predicted octanol–water partition coefficient (Wildman–Crippen LogP) is 3.38. The molecule has 1 aliphatic rings. The normalized spacial score (nSPS) is 17.9. The van der Waals surface area contributed by atoms with Crippen molar-refractivity contribution in [2.45, 2.75) is 52.6 Å². The third-order valence-electron chi connectivity index (χ3n) is 4.66. The van der Waals surface area contributed by atoms with Gasteiger partial charge >= 0.3 is 0 Å². The molecule has 0 unspecified atom stereocenters. The number of benzene rings is 1. The lowest BCUT2D eigenvalue weighted by Crippen LogP contribution is -2.47. The number of rotatable bonds is 4. The van der Waals surface area contributed by atoms with Gasteiger partial charge in [-0.15, -0.1) is 0 Å². The fourth-order valence-corrected chi connectivity index (χ4v) is 3.31. The van der Waals surface area contributed by atoms with Crippen LogP contribution in [-0.2, 0) is 4.79 Å². The Morgan fingerprint density at radius 3 is 2.39 bits per heavy atom. The number of hydrogen-bond acceptors (Lipinski definition) is 3. The van der Waals surface area contributed by atoms with Crippen molar-refractivity contribution in [1.82, 2.24) is 10.2 Å². The van der Waals surface area contributed by atoms with Crippen LogP contribution in [0.25, 0.3) is 0 Å². The van der Waals surface area contributed by atoms with Crippen LogP contribution in [-0.4, -0.2) is 37.0 Å². The van der Waals surface area contributed by atoms with E-state index in [-0.39, 0.29) is 17.4 Å². The average Bonchev–Trinajstić information content (AvgIpc) is 2.52. The lowest BCUT2D eigenvalue weighted by Gasteiger charge is -2.39. The Morgan fingerprint density at radius 2 is 1.87 bits per heavy atom. The Morgan fingerprint density at radius 1 is 1.26 bits per heavy atom. The van der Waals surface area contributed by atoms with E-state index >= 15 is 0 Å². The molecule has 0 radical (unpaired) electrons. The van der Waals surface area contributed by atoms with Gasteiger partial charge < -0.3 is 15.0 Å². The van der Waals surface area contributed by atoms with Crippen LogP contribution in [0, 0.1) is 5.41 Å². The number of carbonyl (C=O) groups excluding carboxylic acids is 1. The molecular weight excluding hydrogens is 288 g/mol. The van der Waals surface area contributed by atoms with Gasteiger partial charge in [0.05, 0.1) is 7.11 Å². The smallest absolute Gasteiger partial charge is 0.219 e. The summed E-state index contributed by atoms with van der Waals surface area (Å²) in [5.41, 5.74) is 1.28. The van der Waals surface area contributed by atoms with Gasteiger partial charge in [-0.3, -0.25) is 4.79 Å². The first kappa shape index (κ1) is 17.8. The van der Waals surface area contributed by atoms with E-state index in [0.29, 0.717) is 6.04 Å². The van der Waals surface area contributed by atoms with E-state index in [9.17, 15) is 4.79 Å². The molecule has 1 fully saturated rings. The van der Waals surface area contributed by atoms with Gasteiger partial charge in [0.1, 0.15) is 5.75 Å². The van der Waals surface area contributed by atoms with Gasteiger partial charge in [0, 0.05) is 37.7 Å². The molecule has 4 nitrogen and oxygen atoms in total. The van der Waals surface area contributed by atoms with Crippen LogP contribution in [0.4, 0.5) is 0 Å². The number of carbonyl (C=O) groups is 1. The van der Waals surface area contributed by atoms with E-state index < -0.39 is 0 Å². The zero-order valence-electron chi connectivity index (χ0n) is 15.1. The molecule has 2 rings (SSSR count). The predicted molar refractivity (Wildman–Crippen MR) is 93.6 cm³/mol. The number of amides is 1. The van der Waals surface area contributed by atoms with Gasteiger partial charge in [0.2, 0.25) is 5.91 Å². The van der Waals surface area contributed by atoms with Crippen LogP contribution in [0.15, 0.2) is 24.3 Å². The second-order valence-electron chi connectivity index (χ2n) is 7.49. The van der Waals surface area contributed by atoms with Crippen molar-refractivity contribution in [1.29, 1.82) is 0 Å². The summed E-state index contributed by atoms with van der Waals surface area (Å²) in [5.74, 6) is 1.11. The minimum atomic E-state index is 0.0757. The van der Waals surface area contributed by atoms with E-state index in [4.69, 9.17) is 4.74 Å². The van der Waals surface area contributed by atoms with E-state index in [0.717, 1.165) is 31.7 Å². The first-order valence-corrected chi connectivity index (χ1v) is 8.47. The molecule has 1 aromatic rings. The summed E-state index contributed by atoms with van der Waals surface area (Å²) < 4.78 is 5.57. The number of nitrogens with one attached hydrogen (secondary N) is 1. The zero-order valence-corrected chi connectivity index (χ0v) is 15.1. The third-order valence-corrected chi connectivity index (χ3v) is 4.66. The summed E-state index contributed by atoms with van der Waals surface area (Å²) >= 11 is 0. The van der Waals surface area contributed by atoms with Crippen molar-refractivity contribution in [3.05, 3.63) is 29.8 Å². The molecule has 1 N–H and O–H groups in total. The number of likely N-dealkylation sites (tertiary alicyclic amines) is 1. The van der Waals surface area contributed by atoms with E-state index in [1.807, 2.05) is 17.0 Å². The lowest BCUT2D eigenvalue weighted by molar-refractivity contribution is -0.129. The van der Waals surface area contributed by atoms with E-state index in [2.05, 4.69) is 38.2 Å². The van der Waals surface area contributed by atoms with E-state index in [1.165, 1.54) is 5.56 Å². The van der Waals surface area contributed by atoms with Crippen LogP contribution in [0.5, 0.6) is 5.75 Å². The Balaban J connectivity index is 2.13. The Hall–Kier alpha value is -1.55. The van der Waals surface area contributed by atoms with Gasteiger partial charge in [0.15, 0.2) is 0 Å². The highest BCUT2D eigenvalue weighted by molar-refractivity contribution is 5.73. The maximum atomic E-state index is 11.5. The highest BCUT2D eigenvalue weighted by Crippen LogP contribution is 2.38. The molecule has 0 aliphatic carbocycles. The van der Waals surface area contributed by atoms with Crippen molar-refractivity contribution < 1.29 is 9.53 Å². The highest BCUT2D eigenvalue weighted by Gasteiger charge is 2.31. The van der Waals surface area contributed by atoms with Crippen LogP contribution < -0.4 is 10.1 Å². The Labute approximate surface area is 140 Å². The Kier molecular flexibility index (Phi) is 5.69. The summed E-state index contributed by atoms with van der Waals surface area (Å²) in [7, 11) is 1.73. The van der Waals surface area contributed by atoms with Crippen molar-refractivity contribution >= 4 is 5.91 Å². The first-order valence-electron chi connectivity index (χ1n) is 8.47. The Bertz CT molecular complexity index is 528. The van der Waals surface area contributed by atoms with Crippen LogP contribution >= 0.6 is 0 Å². The maximum absolute atomic E-state index is 11.5. The maximum Gasteiger partial charge on any atom is 0.219 e. The molecule has 1 aliphatic heterocycles. The molecule has 1 heterocycles.